The smallest absolute Gasteiger partial charge is 0.359 e. The summed E-state index contributed by atoms with van der Waals surface area (Å²) in [6, 6.07) is 13.6. The Morgan fingerprint density at radius 1 is 1.00 bits per heavy atom. The third-order valence-electron chi connectivity index (χ3n) is 4.02. The standard InChI is InChI=1S/C18H11ClF3N3/c19-11-7-5-10(6-8-11)17-24-15-12-3-1-2-4-14(12)23-9-13(15)16(25-17)18(20,21)22/h1-9,17,24H. The van der Waals surface area contributed by atoms with Gasteiger partial charge in [-0.3, -0.25) is 9.98 Å². The van der Waals surface area contributed by atoms with Crippen LogP contribution >= 0.6 is 11.6 Å². The van der Waals surface area contributed by atoms with E-state index in [0.717, 1.165) is 0 Å². The molecule has 0 fully saturated rings. The second kappa shape index (κ2) is 5.74. The minimum absolute atomic E-state index is 0.0450. The Bertz CT molecular complexity index is 981. The Labute approximate surface area is 146 Å². The number of hydrogen-bond acceptors (Lipinski definition) is 3. The van der Waals surface area contributed by atoms with Crippen molar-refractivity contribution in [3.8, 4) is 0 Å². The summed E-state index contributed by atoms with van der Waals surface area (Å²) < 4.78 is 40.7. The predicted molar refractivity (Wildman–Crippen MR) is 92.2 cm³/mol. The molecule has 1 N–H and O–H groups in total. The van der Waals surface area contributed by atoms with Gasteiger partial charge < -0.3 is 5.32 Å². The van der Waals surface area contributed by atoms with E-state index in [1.165, 1.54) is 6.20 Å². The molecule has 2 heterocycles. The first-order chi connectivity index (χ1) is 11.9. The number of hydrogen-bond donors (Lipinski definition) is 1. The number of halogens is 4. The number of nitrogens with zero attached hydrogens (tertiary/aromatic N) is 2. The number of para-hydroxylation sites is 1. The van der Waals surface area contributed by atoms with E-state index >= 15 is 0 Å². The first-order valence-corrected chi connectivity index (χ1v) is 7.86. The number of alkyl halides is 3. The minimum atomic E-state index is -4.58. The summed E-state index contributed by atoms with van der Waals surface area (Å²) in [4.78, 5) is 8.03. The number of pyridine rings is 1. The first kappa shape index (κ1) is 15.9. The molecule has 0 aliphatic carbocycles. The van der Waals surface area contributed by atoms with E-state index in [4.69, 9.17) is 11.6 Å². The SMILES string of the molecule is FC(F)(F)C1=NC(c2ccc(Cl)cc2)Nc2c1cnc1ccccc21. The molecule has 1 aromatic heterocycles. The van der Waals surface area contributed by atoms with Crippen LogP contribution in [0.5, 0.6) is 0 Å². The number of benzene rings is 2. The Morgan fingerprint density at radius 2 is 1.72 bits per heavy atom. The molecule has 3 aromatic rings. The number of aromatic nitrogens is 1. The van der Waals surface area contributed by atoms with Crippen LogP contribution in [0, 0.1) is 0 Å². The van der Waals surface area contributed by atoms with Crippen LogP contribution in [-0.2, 0) is 0 Å². The van der Waals surface area contributed by atoms with Crippen molar-refractivity contribution in [2.45, 2.75) is 12.3 Å². The summed E-state index contributed by atoms with van der Waals surface area (Å²) in [7, 11) is 0. The number of nitrogens with one attached hydrogen (secondary N) is 1. The molecule has 1 aliphatic heterocycles. The van der Waals surface area contributed by atoms with Gasteiger partial charge in [-0.05, 0) is 23.8 Å². The van der Waals surface area contributed by atoms with Gasteiger partial charge in [0.2, 0.25) is 0 Å². The predicted octanol–water partition coefficient (Wildman–Crippen LogP) is 5.36. The fourth-order valence-electron chi connectivity index (χ4n) is 2.87. The lowest BCUT2D eigenvalue weighted by atomic mass is 10.0. The van der Waals surface area contributed by atoms with E-state index in [1.54, 1.807) is 48.5 Å². The van der Waals surface area contributed by atoms with E-state index in [1.807, 2.05) is 0 Å². The van der Waals surface area contributed by atoms with Crippen molar-refractivity contribution >= 4 is 33.9 Å². The summed E-state index contributed by atoms with van der Waals surface area (Å²) in [5, 5.41) is 4.24. The first-order valence-electron chi connectivity index (χ1n) is 7.48. The molecule has 126 valence electrons. The summed E-state index contributed by atoms with van der Waals surface area (Å²) >= 11 is 5.87. The van der Waals surface area contributed by atoms with E-state index in [9.17, 15) is 13.2 Å². The van der Waals surface area contributed by atoms with Gasteiger partial charge in [0.25, 0.3) is 0 Å². The van der Waals surface area contributed by atoms with Gasteiger partial charge in [0, 0.05) is 22.2 Å². The van der Waals surface area contributed by atoms with Gasteiger partial charge in [-0.1, -0.05) is 41.9 Å². The van der Waals surface area contributed by atoms with Crippen LogP contribution in [0.2, 0.25) is 5.02 Å². The zero-order chi connectivity index (χ0) is 17.6. The van der Waals surface area contributed by atoms with Crippen LogP contribution in [0.25, 0.3) is 10.9 Å². The summed E-state index contributed by atoms with van der Waals surface area (Å²) in [6.45, 7) is 0. The Morgan fingerprint density at radius 3 is 2.44 bits per heavy atom. The topological polar surface area (TPSA) is 37.3 Å². The molecule has 0 saturated heterocycles. The molecular weight excluding hydrogens is 351 g/mol. The molecular formula is C18H11ClF3N3. The van der Waals surface area contributed by atoms with E-state index in [2.05, 4.69) is 15.3 Å². The lowest BCUT2D eigenvalue weighted by Gasteiger charge is -2.27. The van der Waals surface area contributed by atoms with E-state index in [-0.39, 0.29) is 5.56 Å². The van der Waals surface area contributed by atoms with Gasteiger partial charge in [-0.2, -0.15) is 13.2 Å². The quantitative estimate of drug-likeness (QED) is 0.633. The molecule has 0 saturated carbocycles. The highest BCUT2D eigenvalue weighted by atomic mass is 35.5. The zero-order valence-corrected chi connectivity index (χ0v) is 13.4. The molecule has 3 nitrogen and oxygen atoms in total. The zero-order valence-electron chi connectivity index (χ0n) is 12.7. The van der Waals surface area contributed by atoms with Crippen LogP contribution in [0.15, 0.2) is 59.7 Å². The molecule has 25 heavy (non-hydrogen) atoms. The third kappa shape index (κ3) is 2.82. The maximum atomic E-state index is 13.6. The lowest BCUT2D eigenvalue weighted by Crippen LogP contribution is -2.31. The summed E-state index contributed by atoms with van der Waals surface area (Å²) in [6.07, 6.45) is -4.21. The maximum Gasteiger partial charge on any atom is 0.433 e. The fraction of sp³-hybridized carbons (Fsp3) is 0.111. The average Bonchev–Trinajstić information content (AvgIpc) is 2.60. The lowest BCUT2D eigenvalue weighted by molar-refractivity contribution is -0.0585. The molecule has 1 atom stereocenters. The summed E-state index contributed by atoms with van der Waals surface area (Å²) in [5.74, 6) is 0. The average molecular weight is 362 g/mol. The Balaban J connectivity index is 1.93. The molecule has 2 aromatic carbocycles. The Hall–Kier alpha value is -2.60. The molecule has 0 bridgehead atoms. The molecule has 0 radical (unpaired) electrons. The normalized spacial score (nSPS) is 17.0. The third-order valence-corrected chi connectivity index (χ3v) is 4.28. The van der Waals surface area contributed by atoms with Crippen LogP contribution in [-0.4, -0.2) is 16.9 Å². The van der Waals surface area contributed by atoms with Gasteiger partial charge in [0.15, 0.2) is 5.71 Å². The van der Waals surface area contributed by atoms with Gasteiger partial charge in [-0.15, -0.1) is 0 Å². The Kier molecular flexibility index (Phi) is 3.65. The molecule has 0 spiro atoms. The van der Waals surface area contributed by atoms with Crippen molar-refractivity contribution in [1.82, 2.24) is 4.98 Å². The number of aliphatic imine (C=N–C) groups is 1. The second-order valence-electron chi connectivity index (χ2n) is 5.64. The van der Waals surface area contributed by atoms with Crippen molar-refractivity contribution < 1.29 is 13.2 Å². The van der Waals surface area contributed by atoms with Crippen molar-refractivity contribution in [2.24, 2.45) is 4.99 Å². The maximum absolute atomic E-state index is 13.6. The van der Waals surface area contributed by atoms with Crippen molar-refractivity contribution in [3.05, 3.63) is 70.9 Å². The molecule has 7 heteroatoms. The van der Waals surface area contributed by atoms with Gasteiger partial charge >= 0.3 is 6.18 Å². The number of fused-ring (bicyclic) bond motifs is 3. The van der Waals surface area contributed by atoms with Crippen LogP contribution in [0.1, 0.15) is 17.3 Å². The van der Waals surface area contributed by atoms with Crippen molar-refractivity contribution in [1.29, 1.82) is 0 Å². The van der Waals surface area contributed by atoms with E-state index in [0.29, 0.717) is 27.2 Å². The molecule has 1 unspecified atom stereocenters. The van der Waals surface area contributed by atoms with Crippen LogP contribution < -0.4 is 5.32 Å². The number of anilines is 1. The second-order valence-corrected chi connectivity index (χ2v) is 6.07. The highest BCUT2D eigenvalue weighted by Gasteiger charge is 2.41. The van der Waals surface area contributed by atoms with E-state index < -0.39 is 18.1 Å². The van der Waals surface area contributed by atoms with Gasteiger partial charge in [0.1, 0.15) is 6.17 Å². The number of rotatable bonds is 1. The van der Waals surface area contributed by atoms with Crippen molar-refractivity contribution in [3.63, 3.8) is 0 Å². The monoisotopic (exact) mass is 361 g/mol. The van der Waals surface area contributed by atoms with Gasteiger partial charge in [0.05, 0.1) is 11.2 Å². The van der Waals surface area contributed by atoms with Gasteiger partial charge in [-0.25, -0.2) is 0 Å². The largest absolute Gasteiger partial charge is 0.433 e. The highest BCUT2D eigenvalue weighted by Crippen LogP contribution is 2.38. The highest BCUT2D eigenvalue weighted by molar-refractivity contribution is 6.30. The fourth-order valence-corrected chi connectivity index (χ4v) is 3.00. The molecule has 4 rings (SSSR count). The van der Waals surface area contributed by atoms with Crippen LogP contribution in [0.3, 0.4) is 0 Å². The molecule has 0 amide bonds. The molecule has 1 aliphatic rings. The minimum Gasteiger partial charge on any atom is -0.359 e. The summed E-state index contributed by atoms with van der Waals surface area (Å²) in [5.41, 5.74) is 0.619. The van der Waals surface area contributed by atoms with Crippen LogP contribution in [0.4, 0.5) is 18.9 Å². The van der Waals surface area contributed by atoms with Crippen molar-refractivity contribution in [2.75, 3.05) is 5.32 Å².